The van der Waals surface area contributed by atoms with E-state index in [1.807, 2.05) is 13.0 Å². The number of nitrogen functional groups attached to an aromatic ring is 2. The van der Waals surface area contributed by atoms with Gasteiger partial charge in [0.05, 0.1) is 22.0 Å². The molecule has 12 nitrogen and oxygen atoms in total. The topological polar surface area (TPSA) is 186 Å². The second kappa shape index (κ2) is 10.6. The monoisotopic (exact) mass is 508 g/mol. The van der Waals surface area contributed by atoms with Crippen molar-refractivity contribution in [1.82, 2.24) is 29.7 Å². The van der Waals surface area contributed by atoms with Crippen LogP contribution in [0.2, 0.25) is 5.02 Å². The highest BCUT2D eigenvalue weighted by atomic mass is 35.5. The van der Waals surface area contributed by atoms with E-state index >= 15 is 0 Å². The summed E-state index contributed by atoms with van der Waals surface area (Å²) in [5.41, 5.74) is 12.6. The number of aromatic amines is 1. The molecular weight excluding hydrogens is 484 g/mol. The molecule has 6 N–H and O–H groups in total. The molecule has 0 aliphatic carbocycles. The normalized spacial score (nSPS) is 11.9. The molecule has 4 aromatic rings. The summed E-state index contributed by atoms with van der Waals surface area (Å²) in [6.07, 6.45) is 1.94. The van der Waals surface area contributed by atoms with Gasteiger partial charge in [-0.1, -0.05) is 24.6 Å². The van der Waals surface area contributed by atoms with Crippen LogP contribution in [0.3, 0.4) is 0 Å². The molecule has 186 valence electrons. The Morgan fingerprint density at radius 1 is 1.31 bits per heavy atom. The van der Waals surface area contributed by atoms with Crippen LogP contribution in [-0.2, 0) is 11.2 Å². The van der Waals surface area contributed by atoms with Gasteiger partial charge >= 0.3 is 0 Å². The molecular formula is C23H25ClN10O2. The molecule has 0 bridgehead atoms. The SMILES string of the molecule is CC[C@H](Nc1nc(N)nc(N)c1C#N)c1nc2cccc(Cl)c2c(=O)n1-c1cc(CCCOC)[nH]n1. The van der Waals surface area contributed by atoms with E-state index in [2.05, 4.69) is 25.5 Å². The van der Waals surface area contributed by atoms with Crippen molar-refractivity contribution in [2.24, 2.45) is 0 Å². The van der Waals surface area contributed by atoms with Crippen LogP contribution in [0.25, 0.3) is 16.7 Å². The van der Waals surface area contributed by atoms with Crippen molar-refractivity contribution in [3.8, 4) is 11.9 Å². The number of nitrogens with zero attached hydrogens (tertiary/aromatic N) is 6. The maximum Gasteiger partial charge on any atom is 0.268 e. The molecule has 1 atom stereocenters. The first-order valence-electron chi connectivity index (χ1n) is 11.2. The number of H-pyrrole nitrogens is 1. The fourth-order valence-corrected chi connectivity index (χ4v) is 4.14. The maximum atomic E-state index is 13.8. The molecule has 3 heterocycles. The number of rotatable bonds is 9. The molecule has 3 aromatic heterocycles. The highest BCUT2D eigenvalue weighted by molar-refractivity contribution is 6.35. The Balaban J connectivity index is 1.88. The Morgan fingerprint density at radius 2 is 2.11 bits per heavy atom. The van der Waals surface area contributed by atoms with E-state index < -0.39 is 6.04 Å². The lowest BCUT2D eigenvalue weighted by atomic mass is 10.1. The minimum Gasteiger partial charge on any atom is -0.385 e. The van der Waals surface area contributed by atoms with Gasteiger partial charge in [-0.2, -0.15) is 20.3 Å². The summed E-state index contributed by atoms with van der Waals surface area (Å²) < 4.78 is 6.53. The third-order valence-corrected chi connectivity index (χ3v) is 5.93. The molecule has 0 saturated carbocycles. The number of anilines is 3. The number of fused-ring (bicyclic) bond motifs is 1. The van der Waals surface area contributed by atoms with E-state index in [0.717, 1.165) is 12.1 Å². The van der Waals surface area contributed by atoms with Crippen LogP contribution in [0.1, 0.15) is 42.9 Å². The number of nitrogens with two attached hydrogens (primary N) is 2. The molecule has 13 heteroatoms. The van der Waals surface area contributed by atoms with Crippen LogP contribution in [0, 0.1) is 11.3 Å². The van der Waals surface area contributed by atoms with E-state index in [9.17, 15) is 10.1 Å². The van der Waals surface area contributed by atoms with Crippen molar-refractivity contribution in [3.63, 3.8) is 0 Å². The van der Waals surface area contributed by atoms with Gasteiger partial charge in [0, 0.05) is 25.5 Å². The number of methoxy groups -OCH3 is 1. The first kappa shape index (κ1) is 24.9. The molecule has 1 aromatic carbocycles. The number of hydrogen-bond acceptors (Lipinski definition) is 10. The summed E-state index contributed by atoms with van der Waals surface area (Å²) >= 11 is 6.39. The van der Waals surface area contributed by atoms with Crippen LogP contribution in [-0.4, -0.2) is 43.4 Å². The predicted molar refractivity (Wildman–Crippen MR) is 137 cm³/mol. The number of halogens is 1. The number of hydrogen-bond donors (Lipinski definition) is 4. The summed E-state index contributed by atoms with van der Waals surface area (Å²) in [5.74, 6) is 0.716. The van der Waals surface area contributed by atoms with Gasteiger partial charge in [-0.15, -0.1) is 0 Å². The fraction of sp³-hybridized carbons (Fsp3) is 0.304. The molecule has 0 radical (unpaired) electrons. The Kier molecular flexibility index (Phi) is 7.33. The lowest BCUT2D eigenvalue weighted by Crippen LogP contribution is -2.29. The highest BCUT2D eigenvalue weighted by Gasteiger charge is 2.24. The van der Waals surface area contributed by atoms with Gasteiger partial charge < -0.3 is 21.5 Å². The molecule has 0 amide bonds. The van der Waals surface area contributed by atoms with E-state index in [0.29, 0.717) is 36.6 Å². The van der Waals surface area contributed by atoms with Gasteiger partial charge in [0.2, 0.25) is 5.95 Å². The van der Waals surface area contributed by atoms with E-state index in [-0.39, 0.29) is 39.1 Å². The molecule has 4 rings (SSSR count). The second-order valence-electron chi connectivity index (χ2n) is 8.00. The number of aryl methyl sites for hydroxylation is 1. The quantitative estimate of drug-likeness (QED) is 0.245. The van der Waals surface area contributed by atoms with Crippen molar-refractivity contribution in [2.45, 2.75) is 32.2 Å². The lowest BCUT2D eigenvalue weighted by molar-refractivity contribution is 0.195. The Labute approximate surface area is 211 Å². The number of benzene rings is 1. The van der Waals surface area contributed by atoms with Gasteiger partial charge in [0.25, 0.3) is 5.56 Å². The molecule has 0 aliphatic heterocycles. The molecule has 0 spiro atoms. The van der Waals surface area contributed by atoms with Gasteiger partial charge in [0.1, 0.15) is 23.3 Å². The molecule has 0 aliphatic rings. The maximum absolute atomic E-state index is 13.8. The van der Waals surface area contributed by atoms with Crippen LogP contribution >= 0.6 is 11.6 Å². The third-order valence-electron chi connectivity index (χ3n) is 5.61. The molecule has 36 heavy (non-hydrogen) atoms. The summed E-state index contributed by atoms with van der Waals surface area (Å²) in [6.45, 7) is 2.50. The third kappa shape index (κ3) is 4.79. The fourth-order valence-electron chi connectivity index (χ4n) is 3.89. The summed E-state index contributed by atoms with van der Waals surface area (Å²) in [7, 11) is 1.64. The Hall–Kier alpha value is -4.21. The Morgan fingerprint density at radius 3 is 2.83 bits per heavy atom. The largest absolute Gasteiger partial charge is 0.385 e. The van der Waals surface area contributed by atoms with E-state index in [1.54, 1.807) is 31.4 Å². The summed E-state index contributed by atoms with van der Waals surface area (Å²) in [4.78, 5) is 26.5. The summed E-state index contributed by atoms with van der Waals surface area (Å²) in [5, 5.41) is 20.7. The zero-order valence-electron chi connectivity index (χ0n) is 19.7. The van der Waals surface area contributed by atoms with Crippen molar-refractivity contribution in [2.75, 3.05) is 30.5 Å². The zero-order valence-corrected chi connectivity index (χ0v) is 20.5. The average Bonchev–Trinajstić information content (AvgIpc) is 3.30. The molecule has 0 fully saturated rings. The minimum absolute atomic E-state index is 0.0422. The number of nitrogens with one attached hydrogen (secondary N) is 2. The van der Waals surface area contributed by atoms with E-state index in [4.69, 9.17) is 32.8 Å². The molecule has 0 saturated heterocycles. The Bertz CT molecular complexity index is 1510. The van der Waals surface area contributed by atoms with Crippen LogP contribution < -0.4 is 22.3 Å². The van der Waals surface area contributed by atoms with Gasteiger partial charge in [0.15, 0.2) is 11.6 Å². The average molecular weight is 509 g/mol. The first-order chi connectivity index (χ1) is 17.4. The van der Waals surface area contributed by atoms with Crippen molar-refractivity contribution in [1.29, 1.82) is 5.26 Å². The van der Waals surface area contributed by atoms with Gasteiger partial charge in [-0.05, 0) is 31.4 Å². The van der Waals surface area contributed by atoms with Crippen LogP contribution in [0.4, 0.5) is 17.6 Å². The standard InChI is InChI=1S/C23H25ClN10O2/c1-3-15(28-20-13(11-25)19(26)30-23(27)31-20)21-29-16-8-4-7-14(24)18(16)22(35)34(21)17-10-12(32-33-17)6-5-9-36-2/h4,7-8,10,15H,3,5-6,9H2,1-2H3,(H,32,33)(H5,26,27,28,30,31)/t15-/m0/s1. The van der Waals surface area contributed by atoms with Crippen LogP contribution in [0.5, 0.6) is 0 Å². The summed E-state index contributed by atoms with van der Waals surface area (Å²) in [6, 6.07) is 8.28. The van der Waals surface area contributed by atoms with Gasteiger partial charge in [-0.25, -0.2) is 9.55 Å². The lowest BCUT2D eigenvalue weighted by Gasteiger charge is -2.22. The second-order valence-corrected chi connectivity index (χ2v) is 8.41. The van der Waals surface area contributed by atoms with Crippen molar-refractivity contribution >= 4 is 40.1 Å². The zero-order chi connectivity index (χ0) is 25.8. The number of aromatic nitrogens is 6. The van der Waals surface area contributed by atoms with Crippen LogP contribution in [0.15, 0.2) is 29.1 Å². The predicted octanol–water partition coefficient (Wildman–Crippen LogP) is 2.73. The van der Waals surface area contributed by atoms with Crippen molar-refractivity contribution in [3.05, 3.63) is 56.7 Å². The van der Waals surface area contributed by atoms with Gasteiger partial charge in [-0.3, -0.25) is 9.89 Å². The number of ether oxygens (including phenoxy) is 1. The smallest absolute Gasteiger partial charge is 0.268 e. The molecule has 0 unspecified atom stereocenters. The van der Waals surface area contributed by atoms with E-state index in [1.165, 1.54) is 4.57 Å². The minimum atomic E-state index is -0.574. The highest BCUT2D eigenvalue weighted by Crippen LogP contribution is 2.28. The number of nitriles is 1. The van der Waals surface area contributed by atoms with Crippen molar-refractivity contribution < 1.29 is 4.74 Å². The first-order valence-corrected chi connectivity index (χ1v) is 11.6.